The first-order valence-electron chi connectivity index (χ1n) is 21.2. The molecule has 0 fully saturated rings. The van der Waals surface area contributed by atoms with Gasteiger partial charge < -0.3 is 9.13 Å². The Morgan fingerprint density at radius 1 is 0.407 bits per heavy atom. The van der Waals surface area contributed by atoms with Crippen molar-refractivity contribution >= 4 is 88.3 Å². The fraction of sp³-hybridized carbons (Fsp3) is 0.107. The largest absolute Gasteiger partial charge is 0.310 e. The topological polar surface area (TPSA) is 9.86 Å². The molecule has 0 saturated heterocycles. The lowest BCUT2D eigenvalue weighted by Gasteiger charge is -2.34. The van der Waals surface area contributed by atoms with Gasteiger partial charge in [-0.1, -0.05) is 155 Å². The van der Waals surface area contributed by atoms with Crippen molar-refractivity contribution in [3.8, 4) is 33.6 Å². The van der Waals surface area contributed by atoms with Crippen LogP contribution in [0.15, 0.2) is 152 Å². The average molecular weight is 749 g/mol. The van der Waals surface area contributed by atoms with Crippen molar-refractivity contribution in [2.24, 2.45) is 0 Å². The molecule has 2 nitrogen and oxygen atoms in total. The van der Waals surface area contributed by atoms with Crippen LogP contribution in [0.5, 0.6) is 0 Å². The van der Waals surface area contributed by atoms with Crippen molar-refractivity contribution in [2.45, 2.75) is 38.5 Å². The highest BCUT2D eigenvalue weighted by Crippen LogP contribution is 2.56. The van der Waals surface area contributed by atoms with Gasteiger partial charge in [-0.05, 0) is 107 Å². The van der Waals surface area contributed by atoms with Gasteiger partial charge in [-0.15, -0.1) is 0 Å². The summed E-state index contributed by atoms with van der Waals surface area (Å²) in [5, 5.41) is 10.9. The van der Waals surface area contributed by atoms with E-state index in [0.717, 1.165) is 0 Å². The second kappa shape index (κ2) is 9.88. The second-order valence-electron chi connectivity index (χ2n) is 18.7. The second-order valence-corrected chi connectivity index (χ2v) is 18.7. The molecule has 4 aliphatic rings. The molecule has 0 bridgehead atoms. The highest BCUT2D eigenvalue weighted by atomic mass is 15.0. The maximum Gasteiger partial charge on any atom is 0.252 e. The van der Waals surface area contributed by atoms with E-state index in [4.69, 9.17) is 0 Å². The van der Waals surface area contributed by atoms with E-state index in [1.807, 2.05) is 0 Å². The summed E-state index contributed by atoms with van der Waals surface area (Å²) >= 11 is 0. The molecule has 11 aromatic rings. The molecule has 0 saturated carbocycles. The fourth-order valence-electron chi connectivity index (χ4n) is 13.2. The molecular weight excluding hydrogens is 711 g/mol. The molecule has 2 aliphatic heterocycles. The quantitative estimate of drug-likeness (QED) is 0.137. The van der Waals surface area contributed by atoms with Crippen molar-refractivity contribution in [3.63, 3.8) is 0 Å². The van der Waals surface area contributed by atoms with Crippen LogP contribution in [0.2, 0.25) is 0 Å². The SMILES string of the molecule is CC1(C)c2ccccc2-c2ccc3c(c21)c1c2ccccc2cc2c1n3-c1cccc3c1B2c1cc2ccccc2c2c4c5c(ccc4n-3c12)-c1ccccc1C5(C)C. The van der Waals surface area contributed by atoms with E-state index in [1.165, 1.54) is 137 Å². The predicted octanol–water partition coefficient (Wildman–Crippen LogP) is 11.9. The van der Waals surface area contributed by atoms with Crippen molar-refractivity contribution in [1.82, 2.24) is 9.13 Å². The highest BCUT2D eigenvalue weighted by Gasteiger charge is 2.45. The Morgan fingerprint density at radius 2 is 0.847 bits per heavy atom. The van der Waals surface area contributed by atoms with Gasteiger partial charge in [-0.25, -0.2) is 0 Å². The summed E-state index contributed by atoms with van der Waals surface area (Å²) in [6, 6.07) is 58.4. The first-order chi connectivity index (χ1) is 28.8. The summed E-state index contributed by atoms with van der Waals surface area (Å²) < 4.78 is 5.32. The van der Waals surface area contributed by atoms with Crippen LogP contribution in [0.3, 0.4) is 0 Å². The summed E-state index contributed by atoms with van der Waals surface area (Å²) in [7, 11) is 0. The number of hydrogen-bond acceptors (Lipinski definition) is 0. The summed E-state index contributed by atoms with van der Waals surface area (Å²) in [4.78, 5) is 0. The Kier molecular flexibility index (Phi) is 5.22. The van der Waals surface area contributed by atoms with Gasteiger partial charge >= 0.3 is 0 Å². The third kappa shape index (κ3) is 3.31. The van der Waals surface area contributed by atoms with Crippen molar-refractivity contribution in [2.75, 3.05) is 0 Å². The number of hydrogen-bond donors (Lipinski definition) is 0. The normalized spacial score (nSPS) is 15.7. The van der Waals surface area contributed by atoms with Crippen LogP contribution in [-0.2, 0) is 10.8 Å². The maximum atomic E-state index is 2.66. The number of fused-ring (bicyclic) bond motifs is 22. The van der Waals surface area contributed by atoms with Crippen LogP contribution < -0.4 is 16.4 Å². The molecule has 0 amide bonds. The molecule has 15 rings (SSSR count). The van der Waals surface area contributed by atoms with Crippen molar-refractivity contribution in [3.05, 3.63) is 174 Å². The molecule has 0 radical (unpaired) electrons. The van der Waals surface area contributed by atoms with E-state index in [-0.39, 0.29) is 17.5 Å². The zero-order valence-corrected chi connectivity index (χ0v) is 33.4. The lowest BCUT2D eigenvalue weighted by Crippen LogP contribution is -2.59. The van der Waals surface area contributed by atoms with Crippen LogP contribution in [0.4, 0.5) is 0 Å². The van der Waals surface area contributed by atoms with Gasteiger partial charge in [0.25, 0.3) is 6.71 Å². The molecule has 0 N–H and O–H groups in total. The Balaban J connectivity index is 1.16. The van der Waals surface area contributed by atoms with Crippen LogP contribution >= 0.6 is 0 Å². The highest BCUT2D eigenvalue weighted by molar-refractivity contribution is 7.00. The van der Waals surface area contributed by atoms with Crippen LogP contribution in [0.1, 0.15) is 49.9 Å². The first kappa shape index (κ1) is 31.2. The minimum atomic E-state index is -0.150. The van der Waals surface area contributed by atoms with Gasteiger partial charge in [0.1, 0.15) is 0 Å². The van der Waals surface area contributed by atoms with Gasteiger partial charge in [-0.3, -0.25) is 0 Å². The predicted molar refractivity (Wildman–Crippen MR) is 250 cm³/mol. The number of rotatable bonds is 0. The summed E-state index contributed by atoms with van der Waals surface area (Å²) in [5.74, 6) is 0. The molecule has 0 atom stereocenters. The third-order valence-corrected chi connectivity index (χ3v) is 15.4. The van der Waals surface area contributed by atoms with Crippen molar-refractivity contribution < 1.29 is 0 Å². The third-order valence-electron chi connectivity index (χ3n) is 15.4. The summed E-state index contributed by atoms with van der Waals surface area (Å²) in [6.07, 6.45) is 0. The molecule has 0 unspecified atom stereocenters. The molecule has 2 aromatic heterocycles. The average Bonchev–Trinajstić information content (AvgIpc) is 3.94. The Labute approximate surface area is 342 Å². The van der Waals surface area contributed by atoms with E-state index in [2.05, 4.69) is 188 Å². The van der Waals surface area contributed by atoms with Gasteiger partial charge in [-0.2, -0.15) is 0 Å². The van der Waals surface area contributed by atoms with Crippen LogP contribution in [-0.4, -0.2) is 15.8 Å². The lowest BCUT2D eigenvalue weighted by atomic mass is 9.34. The zero-order valence-electron chi connectivity index (χ0n) is 33.4. The number of benzene rings is 9. The molecule has 3 heteroatoms. The van der Waals surface area contributed by atoms with Gasteiger partial charge in [0, 0.05) is 43.7 Å². The van der Waals surface area contributed by atoms with Gasteiger partial charge in [0.15, 0.2) is 0 Å². The van der Waals surface area contributed by atoms with Gasteiger partial charge in [0.05, 0.1) is 22.1 Å². The monoisotopic (exact) mass is 748 g/mol. The molecule has 4 heterocycles. The van der Waals surface area contributed by atoms with E-state index in [1.54, 1.807) is 0 Å². The van der Waals surface area contributed by atoms with E-state index >= 15 is 0 Å². The zero-order chi connectivity index (χ0) is 38.8. The van der Waals surface area contributed by atoms with E-state index in [9.17, 15) is 0 Å². The molecule has 59 heavy (non-hydrogen) atoms. The first-order valence-corrected chi connectivity index (χ1v) is 21.2. The van der Waals surface area contributed by atoms with E-state index < -0.39 is 0 Å². The molecule has 9 aromatic carbocycles. The molecule has 0 spiro atoms. The standard InChI is InChI=1S/C56H37BN2/c1-55(2)38-20-11-9-18-34(38)36-24-26-42-48(50(36)55)46-32-16-7-5-14-30(32)28-40-53(46)58(42)44-22-13-23-45-52(44)57(40)41-29-31-15-6-8-17-33(31)47-49-43(59(45)54(41)47)27-25-37-35-19-10-12-21-39(35)56(3,4)51(37)49/h5-29H,1-4H3. The molecule has 2 aliphatic carbocycles. The van der Waals surface area contributed by atoms with E-state index in [0.29, 0.717) is 0 Å². The Bertz CT molecular complexity index is 3600. The summed E-state index contributed by atoms with van der Waals surface area (Å²) in [5.41, 5.74) is 23.0. The smallest absolute Gasteiger partial charge is 0.252 e. The summed E-state index contributed by atoms with van der Waals surface area (Å²) in [6.45, 7) is 9.82. The molecular formula is C56H37BN2. The number of aromatic nitrogens is 2. The maximum absolute atomic E-state index is 2.66. The Hall–Kier alpha value is -6.84. The lowest BCUT2D eigenvalue weighted by molar-refractivity contribution is 0.666. The van der Waals surface area contributed by atoms with Crippen molar-refractivity contribution in [1.29, 1.82) is 0 Å². The minimum absolute atomic E-state index is 0.0607. The van der Waals surface area contributed by atoms with Crippen LogP contribution in [0, 0.1) is 0 Å². The van der Waals surface area contributed by atoms with Crippen LogP contribution in [0.25, 0.3) is 98.8 Å². The minimum Gasteiger partial charge on any atom is -0.310 e. The number of nitrogens with zero attached hydrogens (tertiary/aromatic N) is 2. The van der Waals surface area contributed by atoms with Gasteiger partial charge in [0.2, 0.25) is 0 Å². The molecule has 274 valence electrons. The Morgan fingerprint density at radius 3 is 1.34 bits per heavy atom. The fourth-order valence-corrected chi connectivity index (χ4v) is 13.2.